The molecule has 0 bridgehead atoms. The zero-order chi connectivity index (χ0) is 19.6. The first-order valence-corrected chi connectivity index (χ1v) is 10.2. The first-order chi connectivity index (χ1) is 12.8. The molecular formula is C18H26N4O4S. The van der Waals surface area contributed by atoms with Gasteiger partial charge in [-0.1, -0.05) is 0 Å². The summed E-state index contributed by atoms with van der Waals surface area (Å²) in [6.45, 7) is 5.05. The van der Waals surface area contributed by atoms with E-state index in [1.165, 1.54) is 30.2 Å². The monoisotopic (exact) mass is 394 g/mol. The number of hydrogen-bond acceptors (Lipinski definition) is 6. The van der Waals surface area contributed by atoms with Crippen molar-refractivity contribution in [3.05, 3.63) is 35.7 Å². The molecule has 1 aliphatic heterocycles. The molecule has 0 amide bonds. The first-order valence-electron chi connectivity index (χ1n) is 8.79. The molecule has 0 unspecified atom stereocenters. The normalized spacial score (nSPS) is 16.4. The maximum Gasteiger partial charge on any atom is 0.243 e. The second-order valence-corrected chi connectivity index (χ2v) is 8.55. The van der Waals surface area contributed by atoms with Gasteiger partial charge in [-0.05, 0) is 19.1 Å². The standard InChI is InChI=1S/C18H26N4O4S/c1-14-15(12-20(2)19-14)13-21-7-9-22(10-8-21)27(23,24)16-5-6-17(25-3)18(11-16)26-4/h5-6,11-12H,7-10,13H2,1-4H3. The van der Waals surface area contributed by atoms with Crippen molar-refractivity contribution in [1.29, 1.82) is 0 Å². The van der Waals surface area contributed by atoms with Crippen LogP contribution in [0.3, 0.4) is 0 Å². The van der Waals surface area contributed by atoms with Crippen LogP contribution in [-0.4, -0.2) is 67.8 Å². The van der Waals surface area contributed by atoms with Crippen LogP contribution in [0.5, 0.6) is 11.5 Å². The maximum absolute atomic E-state index is 13.0. The average molecular weight is 394 g/mol. The average Bonchev–Trinajstić information content (AvgIpc) is 2.98. The number of ether oxygens (including phenoxy) is 2. The van der Waals surface area contributed by atoms with Crippen molar-refractivity contribution in [2.45, 2.75) is 18.4 Å². The lowest BCUT2D eigenvalue weighted by atomic mass is 10.2. The third kappa shape index (κ3) is 4.10. The van der Waals surface area contributed by atoms with Gasteiger partial charge in [-0.25, -0.2) is 8.42 Å². The molecule has 0 aliphatic carbocycles. The van der Waals surface area contributed by atoms with Crippen LogP contribution < -0.4 is 9.47 Å². The number of sulfonamides is 1. The smallest absolute Gasteiger partial charge is 0.243 e. The van der Waals surface area contributed by atoms with Crippen LogP contribution in [0.15, 0.2) is 29.3 Å². The molecule has 2 heterocycles. The van der Waals surface area contributed by atoms with Crippen LogP contribution in [0.4, 0.5) is 0 Å². The predicted octanol–water partition coefficient (Wildman–Crippen LogP) is 1.25. The first kappa shape index (κ1) is 19.7. The van der Waals surface area contributed by atoms with E-state index in [0.29, 0.717) is 37.7 Å². The fourth-order valence-electron chi connectivity index (χ4n) is 3.30. The summed E-state index contributed by atoms with van der Waals surface area (Å²) < 4.78 is 39.7. The quantitative estimate of drug-likeness (QED) is 0.734. The Morgan fingerprint density at radius 3 is 2.30 bits per heavy atom. The third-order valence-electron chi connectivity index (χ3n) is 4.83. The minimum Gasteiger partial charge on any atom is -0.493 e. The topological polar surface area (TPSA) is 76.9 Å². The molecule has 8 nitrogen and oxygen atoms in total. The molecule has 1 saturated heterocycles. The van der Waals surface area contributed by atoms with Crippen molar-refractivity contribution < 1.29 is 17.9 Å². The minimum absolute atomic E-state index is 0.219. The van der Waals surface area contributed by atoms with Gasteiger partial charge in [0.1, 0.15) is 0 Å². The molecule has 0 spiro atoms. The lowest BCUT2D eigenvalue weighted by molar-refractivity contribution is 0.181. The second kappa shape index (κ2) is 7.87. The SMILES string of the molecule is COc1ccc(S(=O)(=O)N2CCN(Cc3cn(C)nc3C)CC2)cc1OC. The number of rotatable bonds is 6. The number of hydrogen-bond donors (Lipinski definition) is 0. The Kier molecular flexibility index (Phi) is 5.73. The molecular weight excluding hydrogens is 368 g/mol. The Labute approximate surface area is 160 Å². The highest BCUT2D eigenvalue weighted by Crippen LogP contribution is 2.31. The van der Waals surface area contributed by atoms with E-state index in [9.17, 15) is 8.42 Å². The van der Waals surface area contributed by atoms with Gasteiger partial charge in [0.25, 0.3) is 0 Å². The number of piperazine rings is 1. The number of aromatic nitrogens is 2. The van der Waals surface area contributed by atoms with Crippen molar-refractivity contribution in [2.75, 3.05) is 40.4 Å². The highest BCUT2D eigenvalue weighted by atomic mass is 32.2. The van der Waals surface area contributed by atoms with Gasteiger partial charge in [0, 0.05) is 57.6 Å². The fourth-order valence-corrected chi connectivity index (χ4v) is 4.74. The van der Waals surface area contributed by atoms with Crippen LogP contribution in [-0.2, 0) is 23.6 Å². The summed E-state index contributed by atoms with van der Waals surface area (Å²) in [4.78, 5) is 2.47. The molecule has 1 aliphatic rings. The number of benzene rings is 1. The van der Waals surface area contributed by atoms with Crippen LogP contribution >= 0.6 is 0 Å². The van der Waals surface area contributed by atoms with E-state index in [0.717, 1.165) is 12.2 Å². The lowest BCUT2D eigenvalue weighted by Crippen LogP contribution is -2.48. The summed E-state index contributed by atoms with van der Waals surface area (Å²) in [6.07, 6.45) is 2.02. The van der Waals surface area contributed by atoms with E-state index in [1.807, 2.05) is 24.9 Å². The predicted molar refractivity (Wildman–Crippen MR) is 102 cm³/mol. The molecule has 0 N–H and O–H groups in total. The Balaban J connectivity index is 1.68. The van der Waals surface area contributed by atoms with Gasteiger partial charge in [0.15, 0.2) is 11.5 Å². The molecule has 3 rings (SSSR count). The van der Waals surface area contributed by atoms with Gasteiger partial charge in [-0.2, -0.15) is 9.40 Å². The maximum atomic E-state index is 13.0. The minimum atomic E-state index is -3.57. The molecule has 0 atom stereocenters. The van der Waals surface area contributed by atoms with Crippen LogP contribution in [0, 0.1) is 6.92 Å². The van der Waals surface area contributed by atoms with Crippen molar-refractivity contribution in [3.8, 4) is 11.5 Å². The van der Waals surface area contributed by atoms with E-state index in [1.54, 1.807) is 12.1 Å². The van der Waals surface area contributed by atoms with Gasteiger partial charge in [0.2, 0.25) is 10.0 Å². The van der Waals surface area contributed by atoms with Gasteiger partial charge in [-0.15, -0.1) is 0 Å². The molecule has 9 heteroatoms. The van der Waals surface area contributed by atoms with Gasteiger partial charge >= 0.3 is 0 Å². The van der Waals surface area contributed by atoms with Crippen molar-refractivity contribution in [2.24, 2.45) is 7.05 Å². The van der Waals surface area contributed by atoms with Gasteiger partial charge in [0.05, 0.1) is 24.8 Å². The second-order valence-electron chi connectivity index (χ2n) is 6.61. The molecule has 0 saturated carbocycles. The van der Waals surface area contributed by atoms with Crippen molar-refractivity contribution in [1.82, 2.24) is 19.0 Å². The summed E-state index contributed by atoms with van der Waals surface area (Å²) in [5.74, 6) is 0.914. The van der Waals surface area contributed by atoms with Crippen molar-refractivity contribution in [3.63, 3.8) is 0 Å². The van der Waals surface area contributed by atoms with E-state index >= 15 is 0 Å². The van der Waals surface area contributed by atoms with Crippen LogP contribution in [0.2, 0.25) is 0 Å². The number of methoxy groups -OCH3 is 2. The molecule has 0 radical (unpaired) electrons. The molecule has 27 heavy (non-hydrogen) atoms. The summed E-state index contributed by atoms with van der Waals surface area (Å²) in [6, 6.07) is 4.69. The van der Waals surface area contributed by atoms with E-state index in [-0.39, 0.29) is 4.90 Å². The number of nitrogens with zero attached hydrogens (tertiary/aromatic N) is 4. The van der Waals surface area contributed by atoms with Crippen LogP contribution in [0.1, 0.15) is 11.3 Å². The molecule has 2 aromatic rings. The summed E-state index contributed by atoms with van der Waals surface area (Å²) in [5.41, 5.74) is 2.19. The van der Waals surface area contributed by atoms with Crippen LogP contribution in [0.25, 0.3) is 0 Å². The Morgan fingerprint density at radius 1 is 1.07 bits per heavy atom. The van der Waals surface area contributed by atoms with E-state index < -0.39 is 10.0 Å². The van der Waals surface area contributed by atoms with E-state index in [4.69, 9.17) is 9.47 Å². The van der Waals surface area contributed by atoms with E-state index in [2.05, 4.69) is 10.00 Å². The Bertz CT molecular complexity index is 902. The largest absolute Gasteiger partial charge is 0.493 e. The van der Waals surface area contributed by atoms with Gasteiger partial charge < -0.3 is 9.47 Å². The zero-order valence-corrected chi connectivity index (χ0v) is 17.0. The number of aryl methyl sites for hydroxylation is 2. The molecule has 1 fully saturated rings. The highest BCUT2D eigenvalue weighted by molar-refractivity contribution is 7.89. The lowest BCUT2D eigenvalue weighted by Gasteiger charge is -2.33. The zero-order valence-electron chi connectivity index (χ0n) is 16.2. The summed E-state index contributed by atoms with van der Waals surface area (Å²) in [5, 5.41) is 4.36. The third-order valence-corrected chi connectivity index (χ3v) is 6.73. The fraction of sp³-hybridized carbons (Fsp3) is 0.500. The Morgan fingerprint density at radius 2 is 1.74 bits per heavy atom. The molecule has 148 valence electrons. The summed E-state index contributed by atoms with van der Waals surface area (Å²) in [7, 11) is 1.36. The summed E-state index contributed by atoms with van der Waals surface area (Å²) >= 11 is 0. The van der Waals surface area contributed by atoms with Crippen molar-refractivity contribution >= 4 is 10.0 Å². The molecule has 1 aromatic carbocycles. The van der Waals surface area contributed by atoms with Gasteiger partial charge in [-0.3, -0.25) is 9.58 Å². The highest BCUT2D eigenvalue weighted by Gasteiger charge is 2.29. The Hall–Kier alpha value is -2.10. The molecule has 1 aromatic heterocycles.